The Labute approximate surface area is 110 Å². The lowest BCUT2D eigenvalue weighted by Crippen LogP contribution is -2.46. The van der Waals surface area contributed by atoms with Crippen molar-refractivity contribution < 1.29 is 0 Å². The Morgan fingerprint density at radius 2 is 1.94 bits per heavy atom. The minimum atomic E-state index is 1.00. The molecule has 1 aliphatic rings. The van der Waals surface area contributed by atoms with Crippen LogP contribution in [0.1, 0.15) is 18.9 Å². The standard InChI is InChI=1S/C14H24N4/c1-3-7-17-8-10-18(11-9-17)12-13-5-4-6-16-14(13)15-2/h4-6H,3,7-12H2,1-2H3,(H,15,16). The van der Waals surface area contributed by atoms with Gasteiger partial charge in [0, 0.05) is 51.5 Å². The van der Waals surface area contributed by atoms with E-state index in [0.717, 1.165) is 25.5 Å². The van der Waals surface area contributed by atoms with Gasteiger partial charge in [-0.3, -0.25) is 4.90 Å². The van der Waals surface area contributed by atoms with Gasteiger partial charge in [0.15, 0.2) is 0 Å². The molecule has 100 valence electrons. The van der Waals surface area contributed by atoms with Crippen LogP contribution in [0.15, 0.2) is 18.3 Å². The third kappa shape index (κ3) is 3.43. The maximum atomic E-state index is 4.36. The van der Waals surface area contributed by atoms with Crippen LogP contribution in [-0.2, 0) is 6.54 Å². The molecule has 0 saturated carbocycles. The predicted molar refractivity (Wildman–Crippen MR) is 75.8 cm³/mol. The highest BCUT2D eigenvalue weighted by molar-refractivity contribution is 5.42. The minimum absolute atomic E-state index is 1.00. The van der Waals surface area contributed by atoms with Gasteiger partial charge in [-0.1, -0.05) is 13.0 Å². The van der Waals surface area contributed by atoms with Crippen molar-refractivity contribution in [1.82, 2.24) is 14.8 Å². The molecule has 0 atom stereocenters. The summed E-state index contributed by atoms with van der Waals surface area (Å²) in [6.07, 6.45) is 3.10. The number of hydrogen-bond donors (Lipinski definition) is 1. The summed E-state index contributed by atoms with van der Waals surface area (Å²) in [5, 5.41) is 3.17. The van der Waals surface area contributed by atoms with Gasteiger partial charge in [0.2, 0.25) is 0 Å². The van der Waals surface area contributed by atoms with E-state index in [1.807, 2.05) is 19.3 Å². The van der Waals surface area contributed by atoms with E-state index in [1.165, 1.54) is 31.6 Å². The van der Waals surface area contributed by atoms with Crippen LogP contribution in [0.5, 0.6) is 0 Å². The number of aromatic nitrogens is 1. The molecule has 0 unspecified atom stereocenters. The van der Waals surface area contributed by atoms with Gasteiger partial charge < -0.3 is 10.2 Å². The predicted octanol–water partition coefficient (Wildman–Crippen LogP) is 1.65. The third-order valence-electron chi connectivity index (χ3n) is 3.53. The van der Waals surface area contributed by atoms with E-state index in [9.17, 15) is 0 Å². The lowest BCUT2D eigenvalue weighted by Gasteiger charge is -2.34. The van der Waals surface area contributed by atoms with Gasteiger partial charge in [0.1, 0.15) is 5.82 Å². The van der Waals surface area contributed by atoms with E-state index < -0.39 is 0 Å². The quantitative estimate of drug-likeness (QED) is 0.858. The van der Waals surface area contributed by atoms with Crippen LogP contribution in [0.4, 0.5) is 5.82 Å². The molecule has 0 aromatic carbocycles. The average Bonchev–Trinajstić information content (AvgIpc) is 2.42. The zero-order valence-corrected chi connectivity index (χ0v) is 11.5. The molecule has 1 fully saturated rings. The number of rotatable bonds is 5. The van der Waals surface area contributed by atoms with Gasteiger partial charge >= 0.3 is 0 Å². The minimum Gasteiger partial charge on any atom is -0.373 e. The molecule has 0 amide bonds. The summed E-state index contributed by atoms with van der Waals surface area (Å²) in [6, 6.07) is 4.18. The third-order valence-corrected chi connectivity index (χ3v) is 3.53. The first kappa shape index (κ1) is 13.3. The van der Waals surface area contributed by atoms with Crippen molar-refractivity contribution in [1.29, 1.82) is 0 Å². The smallest absolute Gasteiger partial charge is 0.130 e. The zero-order chi connectivity index (χ0) is 12.8. The van der Waals surface area contributed by atoms with E-state index in [0.29, 0.717) is 0 Å². The first-order valence-electron chi connectivity index (χ1n) is 6.90. The molecular weight excluding hydrogens is 224 g/mol. The second-order valence-corrected chi connectivity index (χ2v) is 4.88. The Bertz CT molecular complexity index is 359. The van der Waals surface area contributed by atoms with Crippen LogP contribution in [0.2, 0.25) is 0 Å². The second kappa shape index (κ2) is 6.71. The molecule has 2 heterocycles. The van der Waals surface area contributed by atoms with Crippen LogP contribution in [0.3, 0.4) is 0 Å². The molecule has 1 N–H and O–H groups in total. The summed E-state index contributed by atoms with van der Waals surface area (Å²) < 4.78 is 0. The van der Waals surface area contributed by atoms with Crippen molar-refractivity contribution in [3.63, 3.8) is 0 Å². The van der Waals surface area contributed by atoms with E-state index >= 15 is 0 Å². The van der Waals surface area contributed by atoms with Crippen molar-refractivity contribution >= 4 is 5.82 Å². The van der Waals surface area contributed by atoms with Crippen LogP contribution in [0.25, 0.3) is 0 Å². The number of pyridine rings is 1. The number of nitrogens with one attached hydrogen (secondary N) is 1. The second-order valence-electron chi connectivity index (χ2n) is 4.88. The molecule has 2 rings (SSSR count). The lowest BCUT2D eigenvalue weighted by molar-refractivity contribution is 0.127. The zero-order valence-electron chi connectivity index (χ0n) is 11.5. The van der Waals surface area contributed by atoms with Gasteiger partial charge in [-0.2, -0.15) is 0 Å². The van der Waals surface area contributed by atoms with Crippen LogP contribution >= 0.6 is 0 Å². The molecule has 1 aromatic heterocycles. The highest BCUT2D eigenvalue weighted by Crippen LogP contribution is 2.14. The normalized spacial score (nSPS) is 17.9. The number of anilines is 1. The molecular formula is C14H24N4. The van der Waals surface area contributed by atoms with Gasteiger partial charge in [-0.25, -0.2) is 4.98 Å². The van der Waals surface area contributed by atoms with E-state index in [-0.39, 0.29) is 0 Å². The molecule has 18 heavy (non-hydrogen) atoms. The molecule has 0 aliphatic carbocycles. The molecule has 0 radical (unpaired) electrons. The fourth-order valence-corrected chi connectivity index (χ4v) is 2.52. The van der Waals surface area contributed by atoms with Crippen LogP contribution < -0.4 is 5.32 Å². The first-order chi connectivity index (χ1) is 8.83. The largest absolute Gasteiger partial charge is 0.373 e. The highest BCUT2D eigenvalue weighted by Gasteiger charge is 2.17. The summed E-state index contributed by atoms with van der Waals surface area (Å²) in [6.45, 7) is 9.22. The first-order valence-corrected chi connectivity index (χ1v) is 6.90. The Kier molecular flexibility index (Phi) is 4.96. The molecule has 0 bridgehead atoms. The average molecular weight is 248 g/mol. The Hall–Kier alpha value is -1.13. The number of piperazine rings is 1. The van der Waals surface area contributed by atoms with Crippen molar-refractivity contribution in [2.45, 2.75) is 19.9 Å². The van der Waals surface area contributed by atoms with E-state index in [2.05, 4.69) is 33.1 Å². The van der Waals surface area contributed by atoms with Crippen LogP contribution in [-0.4, -0.2) is 54.6 Å². The molecule has 4 nitrogen and oxygen atoms in total. The fraction of sp³-hybridized carbons (Fsp3) is 0.643. The van der Waals surface area contributed by atoms with E-state index in [4.69, 9.17) is 0 Å². The summed E-state index contributed by atoms with van der Waals surface area (Å²) in [5.74, 6) is 1.01. The Morgan fingerprint density at radius 3 is 2.61 bits per heavy atom. The SMILES string of the molecule is CCCN1CCN(Cc2cccnc2NC)CC1. The fourth-order valence-electron chi connectivity index (χ4n) is 2.52. The maximum absolute atomic E-state index is 4.36. The van der Waals surface area contributed by atoms with Crippen molar-refractivity contribution in [3.05, 3.63) is 23.9 Å². The molecule has 1 aliphatic heterocycles. The summed E-state index contributed by atoms with van der Waals surface area (Å²) in [7, 11) is 1.94. The highest BCUT2D eigenvalue weighted by atomic mass is 15.3. The van der Waals surface area contributed by atoms with Gasteiger partial charge in [-0.15, -0.1) is 0 Å². The van der Waals surface area contributed by atoms with Crippen molar-refractivity contribution in [2.24, 2.45) is 0 Å². The van der Waals surface area contributed by atoms with Gasteiger partial charge in [0.05, 0.1) is 0 Å². The summed E-state index contributed by atoms with van der Waals surface area (Å²) >= 11 is 0. The molecule has 1 saturated heterocycles. The van der Waals surface area contributed by atoms with Gasteiger partial charge in [0.25, 0.3) is 0 Å². The summed E-state index contributed by atoms with van der Waals surface area (Å²) in [4.78, 5) is 9.43. The van der Waals surface area contributed by atoms with E-state index in [1.54, 1.807) is 0 Å². The summed E-state index contributed by atoms with van der Waals surface area (Å²) in [5.41, 5.74) is 1.30. The molecule has 1 aromatic rings. The maximum Gasteiger partial charge on any atom is 0.130 e. The van der Waals surface area contributed by atoms with Crippen molar-refractivity contribution in [3.8, 4) is 0 Å². The lowest BCUT2D eigenvalue weighted by atomic mass is 10.2. The Balaban J connectivity index is 1.87. The number of hydrogen-bond acceptors (Lipinski definition) is 4. The Morgan fingerprint density at radius 1 is 1.22 bits per heavy atom. The number of nitrogens with zero attached hydrogens (tertiary/aromatic N) is 3. The van der Waals surface area contributed by atoms with Crippen LogP contribution in [0, 0.1) is 0 Å². The van der Waals surface area contributed by atoms with Gasteiger partial charge in [-0.05, 0) is 19.0 Å². The topological polar surface area (TPSA) is 31.4 Å². The van der Waals surface area contributed by atoms with Crippen molar-refractivity contribution in [2.75, 3.05) is 45.1 Å². The molecule has 0 spiro atoms. The molecule has 4 heteroatoms. The monoisotopic (exact) mass is 248 g/mol.